The molecule has 1 N–H and O–H groups in total. The van der Waals surface area contributed by atoms with Crippen LogP contribution >= 0.6 is 0 Å². The van der Waals surface area contributed by atoms with Gasteiger partial charge in [0.1, 0.15) is 11.4 Å². The number of carbonyl (C=O) groups excluding carboxylic acids is 1. The summed E-state index contributed by atoms with van der Waals surface area (Å²) in [5.41, 5.74) is 0.999. The van der Waals surface area contributed by atoms with Crippen molar-refractivity contribution in [2.45, 2.75) is 0 Å². The molecule has 0 aliphatic heterocycles. The summed E-state index contributed by atoms with van der Waals surface area (Å²) in [6.45, 7) is 0. The first-order chi connectivity index (χ1) is 8.18. The maximum atomic E-state index is 12.0. The average Bonchev–Trinajstić information content (AvgIpc) is 2.38. The van der Waals surface area contributed by atoms with E-state index in [1.165, 1.54) is 11.0 Å². The zero-order valence-electron chi connectivity index (χ0n) is 9.37. The summed E-state index contributed by atoms with van der Waals surface area (Å²) in [4.78, 5) is 17.5. The molecule has 86 valence electrons. The molecule has 0 radical (unpaired) electrons. The van der Waals surface area contributed by atoms with Gasteiger partial charge in [-0.1, -0.05) is 12.1 Å². The van der Waals surface area contributed by atoms with Gasteiger partial charge in [0.2, 0.25) is 0 Å². The number of rotatable bonds is 2. The molecule has 4 heteroatoms. The van der Waals surface area contributed by atoms with E-state index in [-0.39, 0.29) is 11.7 Å². The minimum absolute atomic E-state index is 0.128. The minimum atomic E-state index is -0.212. The molecule has 1 aromatic heterocycles. The van der Waals surface area contributed by atoms with Crippen LogP contribution in [0.5, 0.6) is 5.75 Å². The van der Waals surface area contributed by atoms with Crippen LogP contribution in [0.25, 0.3) is 0 Å². The Balaban J connectivity index is 2.27. The van der Waals surface area contributed by atoms with Gasteiger partial charge in [0.25, 0.3) is 5.91 Å². The number of nitrogens with zero attached hydrogens (tertiary/aromatic N) is 2. The van der Waals surface area contributed by atoms with Gasteiger partial charge < -0.3 is 10.0 Å². The van der Waals surface area contributed by atoms with Gasteiger partial charge in [0.05, 0.1) is 0 Å². The van der Waals surface area contributed by atoms with Crippen LogP contribution in [0.1, 0.15) is 10.5 Å². The van der Waals surface area contributed by atoms with Crippen molar-refractivity contribution in [2.24, 2.45) is 0 Å². The second kappa shape index (κ2) is 4.65. The van der Waals surface area contributed by atoms with Crippen LogP contribution in [0, 0.1) is 0 Å². The van der Waals surface area contributed by atoms with Crippen molar-refractivity contribution in [1.82, 2.24) is 4.98 Å². The normalized spacial score (nSPS) is 9.94. The van der Waals surface area contributed by atoms with E-state index in [0.29, 0.717) is 11.4 Å². The quantitative estimate of drug-likeness (QED) is 0.856. The number of phenolic OH excluding ortho intramolecular Hbond substituents is 1. The van der Waals surface area contributed by atoms with E-state index >= 15 is 0 Å². The van der Waals surface area contributed by atoms with Crippen molar-refractivity contribution in [3.8, 4) is 5.75 Å². The SMILES string of the molecule is CN(C(=O)c1ccccn1)c1cccc(O)c1. The highest BCUT2D eigenvalue weighted by Crippen LogP contribution is 2.19. The fourth-order valence-corrected chi connectivity index (χ4v) is 1.48. The maximum absolute atomic E-state index is 12.0. The van der Waals surface area contributed by atoms with Gasteiger partial charge in [-0.3, -0.25) is 9.78 Å². The van der Waals surface area contributed by atoms with Crippen molar-refractivity contribution in [3.05, 3.63) is 54.4 Å². The standard InChI is InChI=1S/C13H12N2O2/c1-15(10-5-4-6-11(16)9-10)13(17)12-7-2-3-8-14-12/h2-9,16H,1H3. The first-order valence-corrected chi connectivity index (χ1v) is 5.16. The Labute approximate surface area is 99.2 Å². The van der Waals surface area contributed by atoms with E-state index in [1.54, 1.807) is 49.6 Å². The smallest absolute Gasteiger partial charge is 0.276 e. The minimum Gasteiger partial charge on any atom is -0.508 e. The largest absolute Gasteiger partial charge is 0.508 e. The Morgan fingerprint density at radius 1 is 1.24 bits per heavy atom. The number of amides is 1. The Kier molecular flexibility index (Phi) is 3.05. The lowest BCUT2D eigenvalue weighted by atomic mass is 10.2. The van der Waals surface area contributed by atoms with E-state index in [9.17, 15) is 9.90 Å². The molecule has 2 rings (SSSR count). The Morgan fingerprint density at radius 3 is 2.71 bits per heavy atom. The second-order valence-electron chi connectivity index (χ2n) is 3.60. The zero-order chi connectivity index (χ0) is 12.3. The third-order valence-electron chi connectivity index (χ3n) is 2.41. The summed E-state index contributed by atoms with van der Waals surface area (Å²) in [6.07, 6.45) is 1.57. The number of pyridine rings is 1. The summed E-state index contributed by atoms with van der Waals surface area (Å²) in [5, 5.41) is 9.36. The van der Waals surface area contributed by atoms with Gasteiger partial charge in [-0.25, -0.2) is 0 Å². The number of aromatic nitrogens is 1. The molecule has 0 aliphatic carbocycles. The van der Waals surface area contributed by atoms with Gasteiger partial charge in [-0.2, -0.15) is 0 Å². The Morgan fingerprint density at radius 2 is 2.06 bits per heavy atom. The van der Waals surface area contributed by atoms with Crippen molar-refractivity contribution < 1.29 is 9.90 Å². The molecule has 1 aromatic carbocycles. The molecule has 0 unspecified atom stereocenters. The predicted molar refractivity (Wildman–Crippen MR) is 65.1 cm³/mol. The molecule has 0 aliphatic rings. The van der Waals surface area contributed by atoms with E-state index in [1.807, 2.05) is 0 Å². The highest BCUT2D eigenvalue weighted by molar-refractivity contribution is 6.04. The summed E-state index contributed by atoms with van der Waals surface area (Å²) >= 11 is 0. The van der Waals surface area contributed by atoms with Crippen molar-refractivity contribution >= 4 is 11.6 Å². The Bertz CT molecular complexity index is 526. The average molecular weight is 228 g/mol. The summed E-state index contributed by atoms with van der Waals surface area (Å²) in [7, 11) is 1.64. The molecular formula is C13H12N2O2. The van der Waals surface area contributed by atoms with E-state index in [2.05, 4.69) is 4.98 Å². The van der Waals surface area contributed by atoms with Gasteiger partial charge in [0.15, 0.2) is 0 Å². The van der Waals surface area contributed by atoms with Crippen molar-refractivity contribution in [3.63, 3.8) is 0 Å². The van der Waals surface area contributed by atoms with E-state index in [4.69, 9.17) is 0 Å². The third-order valence-corrected chi connectivity index (χ3v) is 2.41. The van der Waals surface area contributed by atoms with Gasteiger partial charge in [-0.05, 0) is 24.3 Å². The summed E-state index contributed by atoms with van der Waals surface area (Å²) in [6, 6.07) is 11.7. The fourth-order valence-electron chi connectivity index (χ4n) is 1.48. The molecule has 0 spiro atoms. The molecule has 0 saturated carbocycles. The number of carbonyl (C=O) groups is 1. The number of hydrogen-bond donors (Lipinski definition) is 1. The first kappa shape index (κ1) is 11.1. The van der Waals surface area contributed by atoms with Crippen LogP contribution in [0.2, 0.25) is 0 Å². The molecular weight excluding hydrogens is 216 g/mol. The first-order valence-electron chi connectivity index (χ1n) is 5.16. The molecule has 0 atom stereocenters. The molecule has 2 aromatic rings. The summed E-state index contributed by atoms with van der Waals surface area (Å²) < 4.78 is 0. The molecule has 0 bridgehead atoms. The number of aromatic hydroxyl groups is 1. The summed E-state index contributed by atoms with van der Waals surface area (Å²) in [5.74, 6) is -0.0839. The van der Waals surface area contributed by atoms with E-state index < -0.39 is 0 Å². The van der Waals surface area contributed by atoms with Crippen LogP contribution in [0.3, 0.4) is 0 Å². The highest BCUT2D eigenvalue weighted by Gasteiger charge is 2.14. The van der Waals surface area contributed by atoms with Crippen LogP contribution < -0.4 is 4.90 Å². The van der Waals surface area contributed by atoms with Gasteiger partial charge >= 0.3 is 0 Å². The number of anilines is 1. The van der Waals surface area contributed by atoms with Gasteiger partial charge in [-0.15, -0.1) is 0 Å². The zero-order valence-corrected chi connectivity index (χ0v) is 9.37. The second-order valence-corrected chi connectivity index (χ2v) is 3.60. The maximum Gasteiger partial charge on any atom is 0.276 e. The number of hydrogen-bond acceptors (Lipinski definition) is 3. The monoisotopic (exact) mass is 228 g/mol. The Hall–Kier alpha value is -2.36. The van der Waals surface area contributed by atoms with E-state index in [0.717, 1.165) is 0 Å². The molecule has 0 fully saturated rings. The van der Waals surface area contributed by atoms with Crippen molar-refractivity contribution in [1.29, 1.82) is 0 Å². The number of phenols is 1. The third kappa shape index (κ3) is 2.42. The van der Waals surface area contributed by atoms with Crippen molar-refractivity contribution in [2.75, 3.05) is 11.9 Å². The predicted octanol–water partition coefficient (Wildman–Crippen LogP) is 2.06. The molecule has 0 saturated heterocycles. The molecule has 1 amide bonds. The van der Waals surface area contributed by atoms with Crippen LogP contribution in [-0.2, 0) is 0 Å². The van der Waals surface area contributed by atoms with Crippen LogP contribution in [0.15, 0.2) is 48.7 Å². The topological polar surface area (TPSA) is 53.4 Å². The molecule has 4 nitrogen and oxygen atoms in total. The number of benzene rings is 1. The fraction of sp³-hybridized carbons (Fsp3) is 0.0769. The lowest BCUT2D eigenvalue weighted by Gasteiger charge is -2.16. The lowest BCUT2D eigenvalue weighted by molar-refractivity contribution is 0.0988. The highest BCUT2D eigenvalue weighted by atomic mass is 16.3. The van der Waals surface area contributed by atoms with Gasteiger partial charge in [0, 0.05) is 25.0 Å². The molecule has 1 heterocycles. The lowest BCUT2D eigenvalue weighted by Crippen LogP contribution is -2.26. The molecule has 17 heavy (non-hydrogen) atoms. The van der Waals surface area contributed by atoms with Crippen LogP contribution in [0.4, 0.5) is 5.69 Å². The van der Waals surface area contributed by atoms with Crippen LogP contribution in [-0.4, -0.2) is 23.0 Å².